The van der Waals surface area contributed by atoms with E-state index < -0.39 is 28.0 Å². The fraction of sp³-hybridized carbons (Fsp3) is 0.400. The maximum absolute atomic E-state index is 12.4. The average Bonchev–Trinajstić information content (AvgIpc) is 2.17. The molecule has 0 aliphatic heterocycles. The Morgan fingerprint density at radius 3 is 2.38 bits per heavy atom. The van der Waals surface area contributed by atoms with Crippen LogP contribution in [-0.4, -0.2) is 26.6 Å². The van der Waals surface area contributed by atoms with E-state index in [4.69, 9.17) is 5.11 Å². The molecule has 0 aliphatic carbocycles. The zero-order valence-electron chi connectivity index (χ0n) is 8.49. The second kappa shape index (κ2) is 5.21. The number of alkyl halides is 3. The minimum atomic E-state index is -3.75. The lowest BCUT2D eigenvalue weighted by Crippen LogP contribution is -2.32. The number of rotatable bonds is 4. The summed E-state index contributed by atoms with van der Waals surface area (Å²) in [5.74, 6) is -0.584. The molecule has 1 rings (SSSR count). The van der Waals surface area contributed by atoms with Gasteiger partial charge in [0.05, 0.1) is 16.6 Å². The summed E-state index contributed by atoms with van der Waals surface area (Å²) in [6, 6.07) is 6.59. The monoisotopic (exact) mass is 268 g/mol. The number of benzene rings is 1. The Morgan fingerprint density at radius 1 is 1.44 bits per heavy atom. The highest BCUT2D eigenvalue weighted by Gasteiger charge is 2.36. The molecule has 90 valence electrons. The smallest absolute Gasteiger partial charge is 0.348 e. The Bertz CT molecular complexity index is 375. The van der Waals surface area contributed by atoms with E-state index in [1.165, 1.54) is 0 Å². The first kappa shape index (κ1) is 13.5. The summed E-state index contributed by atoms with van der Waals surface area (Å²) in [7, 11) is -1.68. The van der Waals surface area contributed by atoms with Crippen LogP contribution in [0.2, 0.25) is 0 Å². The van der Waals surface area contributed by atoms with E-state index >= 15 is 0 Å². The molecule has 2 nitrogen and oxygen atoms in total. The summed E-state index contributed by atoms with van der Waals surface area (Å²) < 4.78 is 36.4. The van der Waals surface area contributed by atoms with Gasteiger partial charge in [-0.1, -0.05) is 17.7 Å². The first-order valence-electron chi connectivity index (χ1n) is 4.50. The first-order chi connectivity index (χ1) is 7.30. The molecule has 6 heteroatoms. The van der Waals surface area contributed by atoms with E-state index in [1.54, 1.807) is 24.3 Å². The summed E-state index contributed by atoms with van der Waals surface area (Å²) in [6.45, 7) is 1.86. The molecule has 0 aliphatic rings. The van der Waals surface area contributed by atoms with Gasteiger partial charge >= 0.3 is 5.38 Å². The van der Waals surface area contributed by atoms with Crippen LogP contribution in [0.25, 0.3) is 0 Å². The molecule has 0 amide bonds. The van der Waals surface area contributed by atoms with E-state index in [1.807, 2.05) is 6.92 Å². The predicted molar refractivity (Wildman–Crippen MR) is 59.3 cm³/mol. The van der Waals surface area contributed by atoms with Crippen molar-refractivity contribution in [1.82, 2.24) is 0 Å². The predicted octanol–water partition coefficient (Wildman–Crippen LogP) is 2.30. The number of hydrogen-bond donors (Lipinski definition) is 1. The van der Waals surface area contributed by atoms with Gasteiger partial charge in [-0.25, -0.2) is 0 Å². The third-order valence-corrected chi connectivity index (χ3v) is 3.64. The molecular weight excluding hydrogens is 258 g/mol. The molecule has 0 aromatic heterocycles. The van der Waals surface area contributed by atoms with Gasteiger partial charge in [-0.2, -0.15) is 8.78 Å². The molecule has 2 unspecified atom stereocenters. The molecule has 0 spiro atoms. The van der Waals surface area contributed by atoms with Gasteiger partial charge in [0.2, 0.25) is 0 Å². The molecule has 1 N–H and O–H groups in total. The summed E-state index contributed by atoms with van der Waals surface area (Å²) in [6.07, 6.45) is -2.11. The lowest BCUT2D eigenvalue weighted by molar-refractivity contribution is -0.0277. The van der Waals surface area contributed by atoms with Gasteiger partial charge < -0.3 is 5.11 Å². The van der Waals surface area contributed by atoms with Gasteiger partial charge in [0, 0.05) is 4.90 Å². The highest BCUT2D eigenvalue weighted by Crippen LogP contribution is 2.25. The van der Waals surface area contributed by atoms with Crippen molar-refractivity contribution in [3.05, 3.63) is 29.8 Å². The maximum atomic E-state index is 12.4. The van der Waals surface area contributed by atoms with Crippen molar-refractivity contribution in [1.29, 1.82) is 0 Å². The molecule has 16 heavy (non-hydrogen) atoms. The van der Waals surface area contributed by atoms with Gasteiger partial charge in [-0.05, 0) is 30.7 Å². The van der Waals surface area contributed by atoms with Gasteiger partial charge in [0.25, 0.3) is 0 Å². The molecule has 0 heterocycles. The largest absolute Gasteiger partial charge is 0.384 e. The van der Waals surface area contributed by atoms with Crippen LogP contribution in [0.15, 0.2) is 29.2 Å². The van der Waals surface area contributed by atoms with E-state index in [9.17, 15) is 13.0 Å². The van der Waals surface area contributed by atoms with Crippen LogP contribution in [0.5, 0.6) is 0 Å². The average molecular weight is 269 g/mol. The van der Waals surface area contributed by atoms with Crippen molar-refractivity contribution in [2.75, 3.05) is 5.75 Å². The van der Waals surface area contributed by atoms with Crippen molar-refractivity contribution in [2.24, 2.45) is 0 Å². The molecule has 1 aromatic carbocycles. The lowest BCUT2D eigenvalue weighted by atomic mass is 10.2. The Morgan fingerprint density at radius 2 is 1.94 bits per heavy atom. The second-order valence-corrected chi connectivity index (χ2v) is 5.38. The molecule has 2 atom stereocenters. The lowest BCUT2D eigenvalue weighted by Gasteiger charge is -2.15. The van der Waals surface area contributed by atoms with Crippen molar-refractivity contribution in [2.45, 2.75) is 23.3 Å². The fourth-order valence-corrected chi connectivity index (χ4v) is 2.32. The third kappa shape index (κ3) is 3.81. The van der Waals surface area contributed by atoms with Gasteiger partial charge in [0.1, 0.15) is 6.10 Å². The summed E-state index contributed by atoms with van der Waals surface area (Å²) in [4.78, 5) is 0.394. The molecule has 0 radical (unpaired) electrons. The van der Waals surface area contributed by atoms with Crippen LogP contribution >= 0.6 is 11.6 Å². The van der Waals surface area contributed by atoms with Gasteiger partial charge in [-0.15, -0.1) is 0 Å². The first-order valence-corrected chi connectivity index (χ1v) is 6.20. The Labute approximate surface area is 99.7 Å². The second-order valence-electron chi connectivity index (χ2n) is 3.38. The van der Waals surface area contributed by atoms with Crippen LogP contribution in [-0.2, 0) is 10.8 Å². The molecule has 0 saturated heterocycles. The molecular formula is C10H11ClF2O2S. The van der Waals surface area contributed by atoms with Crippen LogP contribution < -0.4 is 0 Å². The quantitative estimate of drug-likeness (QED) is 0.851. The van der Waals surface area contributed by atoms with Crippen LogP contribution in [0.1, 0.15) is 5.56 Å². The zero-order chi connectivity index (χ0) is 12.3. The minimum absolute atomic E-state index is 0.394. The number of halogens is 3. The fourth-order valence-electron chi connectivity index (χ4n) is 1.02. The SMILES string of the molecule is Cc1ccc(S(=O)CC(O)C(F)(F)Cl)cc1. The van der Waals surface area contributed by atoms with Crippen molar-refractivity contribution in [3.8, 4) is 0 Å². The maximum Gasteiger partial charge on any atom is 0.348 e. The molecule has 0 saturated carbocycles. The topological polar surface area (TPSA) is 37.3 Å². The Balaban J connectivity index is 2.70. The van der Waals surface area contributed by atoms with E-state index in [0.29, 0.717) is 4.90 Å². The number of aliphatic hydroxyl groups excluding tert-OH is 1. The van der Waals surface area contributed by atoms with Crippen LogP contribution in [0.3, 0.4) is 0 Å². The number of aliphatic hydroxyl groups is 1. The van der Waals surface area contributed by atoms with E-state index in [2.05, 4.69) is 11.6 Å². The molecule has 0 bridgehead atoms. The zero-order valence-corrected chi connectivity index (χ0v) is 10.1. The Hall–Kier alpha value is -0.520. The van der Waals surface area contributed by atoms with Gasteiger partial charge in [-0.3, -0.25) is 4.21 Å². The van der Waals surface area contributed by atoms with Crippen molar-refractivity contribution in [3.63, 3.8) is 0 Å². The van der Waals surface area contributed by atoms with Crippen LogP contribution in [0.4, 0.5) is 8.78 Å². The Kier molecular flexibility index (Phi) is 4.41. The highest BCUT2D eigenvalue weighted by molar-refractivity contribution is 7.85. The number of aryl methyl sites for hydroxylation is 1. The summed E-state index contributed by atoms with van der Waals surface area (Å²) in [5.41, 5.74) is 0.976. The minimum Gasteiger partial charge on any atom is -0.384 e. The normalized spacial score (nSPS) is 15.8. The van der Waals surface area contributed by atoms with E-state index in [0.717, 1.165) is 5.56 Å². The third-order valence-electron chi connectivity index (χ3n) is 1.97. The molecule has 0 fully saturated rings. The molecule has 1 aromatic rings. The summed E-state index contributed by atoms with van der Waals surface area (Å²) in [5, 5.41) is 5.25. The van der Waals surface area contributed by atoms with Crippen LogP contribution in [0, 0.1) is 6.92 Å². The summed E-state index contributed by atoms with van der Waals surface area (Å²) >= 11 is 4.62. The van der Waals surface area contributed by atoms with Crippen molar-refractivity contribution >= 4 is 22.4 Å². The number of hydrogen-bond acceptors (Lipinski definition) is 2. The standard InChI is InChI=1S/C10H11ClF2O2S/c1-7-2-4-8(5-3-7)16(15)6-9(14)10(11,12)13/h2-5,9,14H,6H2,1H3. The van der Waals surface area contributed by atoms with Crippen molar-refractivity contribution < 1.29 is 18.1 Å². The highest BCUT2D eigenvalue weighted by atomic mass is 35.5. The van der Waals surface area contributed by atoms with Gasteiger partial charge in [0.15, 0.2) is 0 Å². The van der Waals surface area contributed by atoms with E-state index in [-0.39, 0.29) is 0 Å².